The summed E-state index contributed by atoms with van der Waals surface area (Å²) in [6, 6.07) is 0.665. The van der Waals surface area contributed by atoms with Crippen molar-refractivity contribution in [3.63, 3.8) is 0 Å². The van der Waals surface area contributed by atoms with E-state index in [4.69, 9.17) is 4.74 Å². The van der Waals surface area contributed by atoms with Gasteiger partial charge in [-0.1, -0.05) is 20.8 Å². The summed E-state index contributed by atoms with van der Waals surface area (Å²) in [5.41, 5.74) is 0. The van der Waals surface area contributed by atoms with Crippen molar-refractivity contribution < 1.29 is 4.74 Å². The monoisotopic (exact) mass is 259 g/mol. The molecule has 0 aromatic heterocycles. The van der Waals surface area contributed by atoms with Crippen LogP contribution in [0.15, 0.2) is 0 Å². The topological polar surface area (TPSA) is 21.3 Å². The lowest BCUT2D eigenvalue weighted by atomic mass is 9.98. The van der Waals surface area contributed by atoms with Crippen LogP contribution < -0.4 is 5.32 Å². The molecule has 0 aromatic rings. The molecule has 1 rings (SSSR count). The molecular formula is C14H29NOS. The van der Waals surface area contributed by atoms with Crippen LogP contribution in [0.25, 0.3) is 0 Å². The molecule has 17 heavy (non-hydrogen) atoms. The highest BCUT2D eigenvalue weighted by molar-refractivity contribution is 8.00. The third kappa shape index (κ3) is 4.46. The Morgan fingerprint density at radius 1 is 1.29 bits per heavy atom. The third-order valence-corrected chi connectivity index (χ3v) is 5.84. The van der Waals surface area contributed by atoms with Gasteiger partial charge < -0.3 is 10.1 Å². The quantitative estimate of drug-likeness (QED) is 0.756. The highest BCUT2D eigenvalue weighted by Crippen LogP contribution is 2.30. The van der Waals surface area contributed by atoms with Crippen LogP contribution >= 0.6 is 11.8 Å². The summed E-state index contributed by atoms with van der Waals surface area (Å²) in [6.07, 6.45) is 8.73. The maximum Gasteiger partial charge on any atom is 0.0587 e. The van der Waals surface area contributed by atoms with Gasteiger partial charge in [0.1, 0.15) is 0 Å². The summed E-state index contributed by atoms with van der Waals surface area (Å²) >= 11 is 2.02. The fraction of sp³-hybridized carbons (Fsp3) is 1.00. The van der Waals surface area contributed by atoms with E-state index in [-0.39, 0.29) is 0 Å². The summed E-state index contributed by atoms with van der Waals surface area (Å²) in [6.45, 7) is 8.90. The SMILES string of the molecule is CCC1CC(NCC(CC)(CC)SC)CCO1. The van der Waals surface area contributed by atoms with Crippen molar-refractivity contribution in [2.75, 3.05) is 19.4 Å². The standard InChI is InChI=1S/C14H29NOS/c1-5-13-10-12(8-9-16-13)15-11-14(6-2,7-3)17-4/h12-13,15H,5-11H2,1-4H3. The van der Waals surface area contributed by atoms with Crippen LogP contribution in [0.1, 0.15) is 52.9 Å². The molecule has 1 heterocycles. The molecule has 0 aromatic carbocycles. The fourth-order valence-corrected chi connectivity index (χ4v) is 3.35. The molecule has 0 bridgehead atoms. The average Bonchev–Trinajstić information content (AvgIpc) is 2.41. The van der Waals surface area contributed by atoms with Crippen molar-refractivity contribution in [3.8, 4) is 0 Å². The largest absolute Gasteiger partial charge is 0.378 e. The van der Waals surface area contributed by atoms with Gasteiger partial charge in [-0.05, 0) is 38.4 Å². The number of ether oxygens (including phenoxy) is 1. The number of hydrogen-bond donors (Lipinski definition) is 1. The minimum Gasteiger partial charge on any atom is -0.378 e. The van der Waals surface area contributed by atoms with Crippen LogP contribution in [0, 0.1) is 0 Å². The molecule has 0 saturated carbocycles. The van der Waals surface area contributed by atoms with Crippen LogP contribution in [0.2, 0.25) is 0 Å². The van der Waals surface area contributed by atoms with Crippen molar-refractivity contribution >= 4 is 11.8 Å². The second kappa shape index (κ2) is 7.65. The molecule has 0 spiro atoms. The van der Waals surface area contributed by atoms with Gasteiger partial charge in [0, 0.05) is 23.9 Å². The van der Waals surface area contributed by atoms with E-state index < -0.39 is 0 Å². The first kappa shape index (κ1) is 15.3. The fourth-order valence-electron chi connectivity index (χ4n) is 2.54. The molecule has 1 fully saturated rings. The van der Waals surface area contributed by atoms with E-state index in [0.717, 1.165) is 19.6 Å². The van der Waals surface area contributed by atoms with E-state index in [1.807, 2.05) is 11.8 Å². The van der Waals surface area contributed by atoms with Crippen molar-refractivity contribution in [1.29, 1.82) is 0 Å². The van der Waals surface area contributed by atoms with Crippen LogP contribution in [0.4, 0.5) is 0 Å². The molecule has 102 valence electrons. The predicted molar refractivity (Wildman–Crippen MR) is 77.9 cm³/mol. The van der Waals surface area contributed by atoms with Gasteiger partial charge in [0.05, 0.1) is 6.10 Å². The Hall–Kier alpha value is 0.270. The zero-order chi connectivity index (χ0) is 12.7. The summed E-state index contributed by atoms with van der Waals surface area (Å²) in [5, 5.41) is 3.78. The van der Waals surface area contributed by atoms with Gasteiger partial charge in [0.2, 0.25) is 0 Å². The van der Waals surface area contributed by atoms with Gasteiger partial charge in [-0.3, -0.25) is 0 Å². The lowest BCUT2D eigenvalue weighted by Gasteiger charge is -2.35. The highest BCUT2D eigenvalue weighted by atomic mass is 32.2. The maximum atomic E-state index is 5.72. The van der Waals surface area contributed by atoms with Gasteiger partial charge in [-0.25, -0.2) is 0 Å². The molecule has 2 unspecified atom stereocenters. The Bertz CT molecular complexity index is 198. The van der Waals surface area contributed by atoms with Gasteiger partial charge in [-0.2, -0.15) is 11.8 Å². The van der Waals surface area contributed by atoms with Crippen LogP contribution in [-0.4, -0.2) is 36.3 Å². The Morgan fingerprint density at radius 3 is 2.53 bits per heavy atom. The van der Waals surface area contributed by atoms with Gasteiger partial charge in [-0.15, -0.1) is 0 Å². The molecule has 3 heteroatoms. The lowest BCUT2D eigenvalue weighted by Crippen LogP contribution is -2.45. The third-order valence-electron chi connectivity index (χ3n) is 4.26. The van der Waals surface area contributed by atoms with Gasteiger partial charge >= 0.3 is 0 Å². The maximum absolute atomic E-state index is 5.72. The molecule has 2 nitrogen and oxygen atoms in total. The lowest BCUT2D eigenvalue weighted by molar-refractivity contribution is -0.000385. The average molecular weight is 259 g/mol. The second-order valence-corrected chi connectivity index (χ2v) is 6.37. The van der Waals surface area contributed by atoms with Crippen molar-refractivity contribution in [3.05, 3.63) is 0 Å². The highest BCUT2D eigenvalue weighted by Gasteiger charge is 2.27. The van der Waals surface area contributed by atoms with E-state index in [2.05, 4.69) is 32.3 Å². The molecule has 1 aliphatic rings. The molecule has 1 aliphatic heterocycles. The van der Waals surface area contributed by atoms with Gasteiger partial charge in [0.15, 0.2) is 0 Å². The Morgan fingerprint density at radius 2 is 2.00 bits per heavy atom. The molecule has 0 amide bonds. The number of hydrogen-bond acceptors (Lipinski definition) is 3. The van der Waals surface area contributed by atoms with E-state index in [9.17, 15) is 0 Å². The zero-order valence-electron chi connectivity index (χ0n) is 11.9. The molecule has 1 N–H and O–H groups in total. The summed E-state index contributed by atoms with van der Waals surface area (Å²) < 4.78 is 6.15. The predicted octanol–water partition coefficient (Wildman–Crippen LogP) is 3.46. The van der Waals surface area contributed by atoms with E-state index in [0.29, 0.717) is 16.9 Å². The molecular weight excluding hydrogens is 230 g/mol. The molecule has 0 radical (unpaired) electrons. The zero-order valence-corrected chi connectivity index (χ0v) is 12.7. The van der Waals surface area contributed by atoms with E-state index in [1.54, 1.807) is 0 Å². The minimum atomic E-state index is 0.431. The van der Waals surface area contributed by atoms with Crippen molar-refractivity contribution in [2.24, 2.45) is 0 Å². The summed E-state index contributed by atoms with van der Waals surface area (Å²) in [4.78, 5) is 0. The van der Waals surface area contributed by atoms with E-state index in [1.165, 1.54) is 25.7 Å². The number of thioether (sulfide) groups is 1. The first-order valence-corrected chi connectivity index (χ1v) is 8.32. The molecule has 1 saturated heterocycles. The Kier molecular flexibility index (Phi) is 6.90. The van der Waals surface area contributed by atoms with Crippen molar-refractivity contribution in [1.82, 2.24) is 5.32 Å². The van der Waals surface area contributed by atoms with Gasteiger partial charge in [0.25, 0.3) is 0 Å². The Balaban J connectivity index is 2.38. The smallest absolute Gasteiger partial charge is 0.0587 e. The number of rotatable bonds is 7. The number of nitrogens with one attached hydrogen (secondary N) is 1. The summed E-state index contributed by atoms with van der Waals surface area (Å²) in [5.74, 6) is 0. The summed E-state index contributed by atoms with van der Waals surface area (Å²) in [7, 11) is 0. The minimum absolute atomic E-state index is 0.431. The second-order valence-electron chi connectivity index (χ2n) is 5.10. The Labute approximate surface area is 111 Å². The molecule has 2 atom stereocenters. The first-order valence-electron chi connectivity index (χ1n) is 7.09. The van der Waals surface area contributed by atoms with E-state index >= 15 is 0 Å². The van der Waals surface area contributed by atoms with Crippen LogP contribution in [0.3, 0.4) is 0 Å². The van der Waals surface area contributed by atoms with Crippen LogP contribution in [0.5, 0.6) is 0 Å². The first-order chi connectivity index (χ1) is 8.19. The van der Waals surface area contributed by atoms with Crippen molar-refractivity contribution in [2.45, 2.75) is 69.8 Å². The van der Waals surface area contributed by atoms with Crippen LogP contribution in [-0.2, 0) is 4.74 Å². The normalized spacial score (nSPS) is 26.1. The molecule has 0 aliphatic carbocycles.